The summed E-state index contributed by atoms with van der Waals surface area (Å²) >= 11 is 0. The first-order chi connectivity index (χ1) is 10.0. The van der Waals surface area contributed by atoms with Gasteiger partial charge in [-0.3, -0.25) is 9.59 Å². The number of amides is 1. The quantitative estimate of drug-likeness (QED) is 0.849. The van der Waals surface area contributed by atoms with Gasteiger partial charge in [-0.05, 0) is 55.9 Å². The highest BCUT2D eigenvalue weighted by Crippen LogP contribution is 2.57. The highest BCUT2D eigenvalue weighted by Gasteiger charge is 2.63. The fourth-order valence-electron chi connectivity index (χ4n) is 4.64. The molecule has 1 heterocycles. The van der Waals surface area contributed by atoms with E-state index in [1.165, 1.54) is 0 Å². The average Bonchev–Trinajstić information content (AvgIpc) is 2.97. The van der Waals surface area contributed by atoms with Crippen LogP contribution in [0.5, 0.6) is 0 Å². The summed E-state index contributed by atoms with van der Waals surface area (Å²) in [6.45, 7) is 4.03. The maximum absolute atomic E-state index is 12.6. The molecule has 0 aromatic heterocycles. The zero-order valence-corrected chi connectivity index (χ0v) is 12.3. The van der Waals surface area contributed by atoms with Gasteiger partial charge in [0.25, 0.3) is 0 Å². The van der Waals surface area contributed by atoms with Crippen LogP contribution in [0.15, 0.2) is 18.2 Å². The summed E-state index contributed by atoms with van der Waals surface area (Å²) < 4.78 is 5.39. The number of rotatable bonds is 2. The fraction of sp³-hybridized carbons (Fsp3) is 0.529. The Labute approximate surface area is 123 Å². The smallest absolute Gasteiger partial charge is 0.310 e. The molecular weight excluding hydrogens is 266 g/mol. The standard InChI is InChI=1S/C17H19NO3/c1-8-3-9(2)5-11(4-8)18-16(19)14-10-6-12-13(7-10)21-17(20)15(12)14/h3-5,10,12-15H,6-7H2,1-2H3,(H,18,19). The van der Waals surface area contributed by atoms with E-state index < -0.39 is 0 Å². The molecule has 1 saturated heterocycles. The molecule has 1 aromatic rings. The summed E-state index contributed by atoms with van der Waals surface area (Å²) in [6.07, 6.45) is 1.90. The van der Waals surface area contributed by atoms with Crippen LogP contribution in [0.3, 0.4) is 0 Å². The minimum Gasteiger partial charge on any atom is -0.462 e. The Morgan fingerprint density at radius 1 is 1.19 bits per heavy atom. The third kappa shape index (κ3) is 1.88. The van der Waals surface area contributed by atoms with E-state index in [9.17, 15) is 9.59 Å². The molecule has 2 aliphatic carbocycles. The monoisotopic (exact) mass is 285 g/mol. The summed E-state index contributed by atoms with van der Waals surface area (Å²) in [5.74, 6) is -0.0121. The maximum atomic E-state index is 12.6. The normalized spacial score (nSPS) is 35.9. The van der Waals surface area contributed by atoms with Crippen LogP contribution in [-0.2, 0) is 14.3 Å². The molecule has 110 valence electrons. The number of benzene rings is 1. The molecule has 2 saturated carbocycles. The summed E-state index contributed by atoms with van der Waals surface area (Å²) in [5, 5.41) is 3.01. The Bertz CT molecular complexity index is 617. The molecule has 5 atom stereocenters. The van der Waals surface area contributed by atoms with E-state index in [4.69, 9.17) is 4.74 Å². The number of hydrogen-bond acceptors (Lipinski definition) is 3. The number of carbonyl (C=O) groups is 2. The number of nitrogens with one attached hydrogen (secondary N) is 1. The van der Waals surface area contributed by atoms with E-state index in [0.717, 1.165) is 29.7 Å². The van der Waals surface area contributed by atoms with E-state index >= 15 is 0 Å². The lowest BCUT2D eigenvalue weighted by atomic mass is 9.79. The molecular formula is C17H19NO3. The van der Waals surface area contributed by atoms with Crippen molar-refractivity contribution in [1.82, 2.24) is 0 Å². The number of esters is 1. The Morgan fingerprint density at radius 3 is 2.62 bits per heavy atom. The van der Waals surface area contributed by atoms with Gasteiger partial charge in [0.15, 0.2) is 0 Å². The number of carbonyl (C=O) groups excluding carboxylic acids is 2. The van der Waals surface area contributed by atoms with Crippen LogP contribution < -0.4 is 5.32 Å². The van der Waals surface area contributed by atoms with Crippen LogP contribution in [0, 0.1) is 37.5 Å². The van der Waals surface area contributed by atoms with Gasteiger partial charge in [0.05, 0.1) is 11.8 Å². The highest BCUT2D eigenvalue weighted by atomic mass is 16.6. The SMILES string of the molecule is Cc1cc(C)cc(NC(=O)C2C3CC4OC(=O)C2C4C3)c1. The molecule has 1 aliphatic heterocycles. The van der Waals surface area contributed by atoms with Crippen LogP contribution in [-0.4, -0.2) is 18.0 Å². The fourth-order valence-corrected chi connectivity index (χ4v) is 4.64. The first kappa shape index (κ1) is 12.9. The van der Waals surface area contributed by atoms with Crippen LogP contribution in [0.4, 0.5) is 5.69 Å². The summed E-state index contributed by atoms with van der Waals surface area (Å²) in [6, 6.07) is 6.01. The van der Waals surface area contributed by atoms with Gasteiger partial charge in [-0.15, -0.1) is 0 Å². The van der Waals surface area contributed by atoms with Crippen molar-refractivity contribution in [2.75, 3.05) is 5.32 Å². The zero-order chi connectivity index (χ0) is 14.7. The highest BCUT2D eigenvalue weighted by molar-refractivity contribution is 5.97. The van der Waals surface area contributed by atoms with Crippen LogP contribution in [0.1, 0.15) is 24.0 Å². The van der Waals surface area contributed by atoms with Gasteiger partial charge in [-0.2, -0.15) is 0 Å². The summed E-state index contributed by atoms with van der Waals surface area (Å²) in [5.41, 5.74) is 3.07. The number of hydrogen-bond donors (Lipinski definition) is 1. The Morgan fingerprint density at radius 2 is 1.90 bits per heavy atom. The van der Waals surface area contributed by atoms with Crippen molar-refractivity contribution in [2.24, 2.45) is 23.7 Å². The van der Waals surface area contributed by atoms with Gasteiger partial charge in [0.2, 0.25) is 5.91 Å². The Kier molecular flexibility index (Phi) is 2.65. The Balaban J connectivity index is 1.57. The van der Waals surface area contributed by atoms with Crippen LogP contribution in [0.25, 0.3) is 0 Å². The second-order valence-corrected chi connectivity index (χ2v) is 6.79. The summed E-state index contributed by atoms with van der Waals surface area (Å²) in [4.78, 5) is 24.6. The minimum atomic E-state index is -0.209. The predicted octanol–water partition coefficient (Wildman–Crippen LogP) is 2.44. The van der Waals surface area contributed by atoms with Crippen molar-refractivity contribution < 1.29 is 14.3 Å². The van der Waals surface area contributed by atoms with Gasteiger partial charge >= 0.3 is 5.97 Å². The molecule has 0 spiro atoms. The molecule has 1 amide bonds. The molecule has 4 rings (SSSR count). The molecule has 0 radical (unpaired) electrons. The van der Waals surface area contributed by atoms with Crippen molar-refractivity contribution >= 4 is 17.6 Å². The number of aryl methyl sites for hydroxylation is 2. The van der Waals surface area contributed by atoms with Crippen molar-refractivity contribution in [3.05, 3.63) is 29.3 Å². The van der Waals surface area contributed by atoms with Crippen molar-refractivity contribution in [3.8, 4) is 0 Å². The molecule has 1 N–H and O–H groups in total. The van der Waals surface area contributed by atoms with E-state index in [1.54, 1.807) is 0 Å². The largest absolute Gasteiger partial charge is 0.462 e. The predicted molar refractivity (Wildman–Crippen MR) is 77.6 cm³/mol. The lowest BCUT2D eigenvalue weighted by Gasteiger charge is -2.23. The first-order valence-corrected chi connectivity index (χ1v) is 7.62. The zero-order valence-electron chi connectivity index (χ0n) is 12.3. The molecule has 5 unspecified atom stereocenters. The van der Waals surface area contributed by atoms with Crippen LogP contribution in [0.2, 0.25) is 0 Å². The average molecular weight is 285 g/mol. The molecule has 21 heavy (non-hydrogen) atoms. The second-order valence-electron chi connectivity index (χ2n) is 6.79. The number of fused-ring (bicyclic) bond motifs is 1. The van der Waals surface area contributed by atoms with Crippen molar-refractivity contribution in [3.63, 3.8) is 0 Å². The molecule has 4 nitrogen and oxygen atoms in total. The lowest BCUT2D eigenvalue weighted by molar-refractivity contribution is -0.145. The molecule has 3 aliphatic rings. The molecule has 2 bridgehead atoms. The van der Waals surface area contributed by atoms with Crippen molar-refractivity contribution in [2.45, 2.75) is 32.8 Å². The van der Waals surface area contributed by atoms with E-state index in [2.05, 4.69) is 11.4 Å². The van der Waals surface area contributed by atoms with Gasteiger partial charge in [0, 0.05) is 11.6 Å². The van der Waals surface area contributed by atoms with Gasteiger partial charge < -0.3 is 10.1 Å². The minimum absolute atomic E-state index is 0.0187. The topological polar surface area (TPSA) is 55.4 Å². The van der Waals surface area contributed by atoms with Crippen LogP contribution >= 0.6 is 0 Å². The first-order valence-electron chi connectivity index (χ1n) is 7.62. The number of ether oxygens (including phenoxy) is 1. The van der Waals surface area contributed by atoms with E-state index in [1.807, 2.05) is 26.0 Å². The van der Waals surface area contributed by atoms with Crippen molar-refractivity contribution in [1.29, 1.82) is 0 Å². The van der Waals surface area contributed by atoms with Gasteiger partial charge in [0.1, 0.15) is 6.10 Å². The lowest BCUT2D eigenvalue weighted by Crippen LogP contribution is -2.35. The van der Waals surface area contributed by atoms with E-state index in [-0.39, 0.29) is 35.7 Å². The third-order valence-electron chi connectivity index (χ3n) is 5.28. The van der Waals surface area contributed by atoms with Gasteiger partial charge in [-0.1, -0.05) is 6.07 Å². The third-order valence-corrected chi connectivity index (χ3v) is 5.28. The Hall–Kier alpha value is -1.84. The molecule has 1 aromatic carbocycles. The molecule has 4 heteroatoms. The van der Waals surface area contributed by atoms with Gasteiger partial charge in [-0.25, -0.2) is 0 Å². The maximum Gasteiger partial charge on any atom is 0.310 e. The summed E-state index contributed by atoms with van der Waals surface area (Å²) in [7, 11) is 0. The second kappa shape index (κ2) is 4.33. The number of anilines is 1. The molecule has 3 fully saturated rings. The van der Waals surface area contributed by atoms with E-state index in [0.29, 0.717) is 5.92 Å².